The SMILES string of the molecule is CC(C)[C@@H]1CC(=O)C[C@@H]2Sc3ccccc3C(=O)[C@@H]21. The Morgan fingerprint density at radius 2 is 1.89 bits per heavy atom. The van der Waals surface area contributed by atoms with Gasteiger partial charge in [-0.3, -0.25) is 9.59 Å². The molecule has 3 heteroatoms. The number of hydrogen-bond acceptors (Lipinski definition) is 3. The van der Waals surface area contributed by atoms with E-state index in [2.05, 4.69) is 13.8 Å². The number of fused-ring (bicyclic) bond motifs is 2. The second-order valence-electron chi connectivity index (χ2n) is 5.90. The normalized spacial score (nSPS) is 30.2. The van der Waals surface area contributed by atoms with Crippen molar-refractivity contribution in [2.45, 2.75) is 36.8 Å². The van der Waals surface area contributed by atoms with Crippen molar-refractivity contribution in [1.29, 1.82) is 0 Å². The van der Waals surface area contributed by atoms with Crippen LogP contribution in [0.1, 0.15) is 37.0 Å². The van der Waals surface area contributed by atoms with E-state index >= 15 is 0 Å². The van der Waals surface area contributed by atoms with Crippen LogP contribution < -0.4 is 0 Å². The number of carbonyl (C=O) groups is 2. The van der Waals surface area contributed by atoms with Gasteiger partial charge in [0.1, 0.15) is 5.78 Å². The highest BCUT2D eigenvalue weighted by Crippen LogP contribution is 2.48. The molecule has 1 aromatic carbocycles. The lowest BCUT2D eigenvalue weighted by Gasteiger charge is -2.41. The van der Waals surface area contributed by atoms with Crippen LogP contribution in [0.25, 0.3) is 0 Å². The molecule has 0 aromatic heterocycles. The van der Waals surface area contributed by atoms with Gasteiger partial charge in [-0.1, -0.05) is 32.0 Å². The third kappa shape index (κ3) is 2.14. The molecular weight excluding hydrogens is 256 g/mol. The zero-order valence-corrected chi connectivity index (χ0v) is 12.1. The molecule has 1 heterocycles. The Balaban J connectivity index is 2.03. The highest BCUT2D eigenvalue weighted by Gasteiger charge is 2.46. The van der Waals surface area contributed by atoms with E-state index in [0.29, 0.717) is 24.5 Å². The minimum Gasteiger partial charge on any atom is -0.300 e. The minimum atomic E-state index is 0.0256. The Kier molecular flexibility index (Phi) is 3.25. The first-order valence-corrected chi connectivity index (χ1v) is 7.77. The van der Waals surface area contributed by atoms with E-state index in [1.54, 1.807) is 11.8 Å². The van der Waals surface area contributed by atoms with Gasteiger partial charge in [0.15, 0.2) is 5.78 Å². The van der Waals surface area contributed by atoms with Crippen LogP contribution >= 0.6 is 11.8 Å². The van der Waals surface area contributed by atoms with E-state index in [4.69, 9.17) is 0 Å². The second kappa shape index (κ2) is 4.78. The average molecular weight is 274 g/mol. The van der Waals surface area contributed by atoms with Crippen LogP contribution in [0.15, 0.2) is 29.2 Å². The first-order valence-electron chi connectivity index (χ1n) is 6.89. The van der Waals surface area contributed by atoms with Gasteiger partial charge >= 0.3 is 0 Å². The van der Waals surface area contributed by atoms with E-state index in [9.17, 15) is 9.59 Å². The van der Waals surface area contributed by atoms with Crippen molar-refractivity contribution in [3.05, 3.63) is 29.8 Å². The Morgan fingerprint density at radius 1 is 1.16 bits per heavy atom. The summed E-state index contributed by atoms with van der Waals surface area (Å²) in [6, 6.07) is 7.81. The first kappa shape index (κ1) is 12.9. The molecular formula is C16H18O2S. The maximum Gasteiger partial charge on any atom is 0.168 e. The molecule has 1 fully saturated rings. The number of rotatable bonds is 1. The van der Waals surface area contributed by atoms with Crippen molar-refractivity contribution >= 4 is 23.3 Å². The lowest BCUT2D eigenvalue weighted by Crippen LogP contribution is -2.44. The van der Waals surface area contributed by atoms with E-state index in [0.717, 1.165) is 10.5 Å². The van der Waals surface area contributed by atoms with Gasteiger partial charge in [-0.05, 0) is 17.9 Å². The fraction of sp³-hybridized carbons (Fsp3) is 0.500. The summed E-state index contributed by atoms with van der Waals surface area (Å²) < 4.78 is 0. The van der Waals surface area contributed by atoms with Gasteiger partial charge in [-0.2, -0.15) is 0 Å². The molecule has 2 nitrogen and oxygen atoms in total. The minimum absolute atomic E-state index is 0.0256. The Bertz CT molecular complexity index is 535. The summed E-state index contributed by atoms with van der Waals surface area (Å²) in [5.74, 6) is 1.19. The lowest BCUT2D eigenvalue weighted by atomic mass is 9.69. The van der Waals surface area contributed by atoms with Crippen molar-refractivity contribution in [3.8, 4) is 0 Å². The van der Waals surface area contributed by atoms with Crippen LogP contribution in [0.4, 0.5) is 0 Å². The zero-order chi connectivity index (χ0) is 13.6. The topological polar surface area (TPSA) is 34.1 Å². The number of hydrogen-bond donors (Lipinski definition) is 0. The van der Waals surface area contributed by atoms with Crippen molar-refractivity contribution in [1.82, 2.24) is 0 Å². The predicted molar refractivity (Wildman–Crippen MR) is 76.5 cm³/mol. The van der Waals surface area contributed by atoms with Gasteiger partial charge < -0.3 is 0 Å². The third-order valence-electron chi connectivity index (χ3n) is 4.34. The van der Waals surface area contributed by atoms with Crippen LogP contribution in [-0.4, -0.2) is 16.8 Å². The van der Waals surface area contributed by atoms with Crippen molar-refractivity contribution in [2.24, 2.45) is 17.8 Å². The molecule has 1 aliphatic carbocycles. The summed E-state index contributed by atoms with van der Waals surface area (Å²) >= 11 is 1.73. The molecule has 0 bridgehead atoms. The van der Waals surface area contributed by atoms with E-state index in [1.807, 2.05) is 24.3 Å². The Hall–Kier alpha value is -1.09. The van der Waals surface area contributed by atoms with Crippen LogP contribution in [0, 0.1) is 17.8 Å². The van der Waals surface area contributed by atoms with Gasteiger partial charge in [-0.15, -0.1) is 11.8 Å². The highest BCUT2D eigenvalue weighted by molar-refractivity contribution is 8.00. The molecule has 0 N–H and O–H groups in total. The molecule has 0 unspecified atom stereocenters. The fourth-order valence-corrected chi connectivity index (χ4v) is 4.86. The highest BCUT2D eigenvalue weighted by atomic mass is 32.2. The Morgan fingerprint density at radius 3 is 2.63 bits per heavy atom. The number of carbonyl (C=O) groups excluding carboxylic acids is 2. The van der Waals surface area contributed by atoms with E-state index in [-0.39, 0.29) is 22.9 Å². The van der Waals surface area contributed by atoms with Crippen molar-refractivity contribution in [2.75, 3.05) is 0 Å². The monoisotopic (exact) mass is 274 g/mol. The zero-order valence-electron chi connectivity index (χ0n) is 11.3. The van der Waals surface area contributed by atoms with Crippen molar-refractivity contribution in [3.63, 3.8) is 0 Å². The van der Waals surface area contributed by atoms with Gasteiger partial charge in [0.2, 0.25) is 0 Å². The lowest BCUT2D eigenvalue weighted by molar-refractivity contribution is -0.122. The second-order valence-corrected chi connectivity index (χ2v) is 7.18. The number of Topliss-reactive ketones (excluding diaryl/α,β-unsaturated/α-hetero) is 2. The summed E-state index contributed by atoms with van der Waals surface area (Å²) in [7, 11) is 0. The first-order chi connectivity index (χ1) is 9.08. The summed E-state index contributed by atoms with van der Waals surface area (Å²) in [6.45, 7) is 4.25. The summed E-state index contributed by atoms with van der Waals surface area (Å²) in [5, 5.41) is 0.149. The number of benzene rings is 1. The van der Waals surface area contributed by atoms with Gasteiger partial charge in [0.25, 0.3) is 0 Å². The molecule has 3 rings (SSSR count). The summed E-state index contributed by atoms with van der Waals surface area (Å²) in [4.78, 5) is 25.7. The molecule has 0 saturated heterocycles. The van der Waals surface area contributed by atoms with Gasteiger partial charge in [0.05, 0.1) is 0 Å². The molecule has 100 valence electrons. The molecule has 1 aliphatic heterocycles. The van der Waals surface area contributed by atoms with E-state index < -0.39 is 0 Å². The number of thioether (sulfide) groups is 1. The molecule has 2 aliphatic rings. The largest absolute Gasteiger partial charge is 0.300 e. The predicted octanol–water partition coefficient (Wildman–Crippen LogP) is 3.59. The van der Waals surface area contributed by atoms with Crippen LogP contribution in [0.5, 0.6) is 0 Å². The molecule has 19 heavy (non-hydrogen) atoms. The van der Waals surface area contributed by atoms with Crippen LogP contribution in [-0.2, 0) is 4.79 Å². The summed E-state index contributed by atoms with van der Waals surface area (Å²) in [5.41, 5.74) is 0.855. The molecule has 1 saturated carbocycles. The maximum atomic E-state index is 12.7. The third-order valence-corrected chi connectivity index (χ3v) is 5.72. The van der Waals surface area contributed by atoms with Crippen LogP contribution in [0.3, 0.4) is 0 Å². The summed E-state index contributed by atoms with van der Waals surface area (Å²) in [6.07, 6.45) is 1.13. The molecule has 0 radical (unpaired) electrons. The standard InChI is InChI=1S/C16H18O2S/c1-9(2)12-7-10(17)8-14-15(12)16(18)11-5-3-4-6-13(11)19-14/h3-6,9,12,14-15H,7-8H2,1-2H3/t12-,14-,15+/m0/s1. The smallest absolute Gasteiger partial charge is 0.168 e. The van der Waals surface area contributed by atoms with Crippen molar-refractivity contribution < 1.29 is 9.59 Å². The molecule has 3 atom stereocenters. The quantitative estimate of drug-likeness (QED) is 0.784. The molecule has 0 amide bonds. The Labute approximate surface area is 118 Å². The maximum absolute atomic E-state index is 12.7. The molecule has 0 spiro atoms. The van der Waals surface area contributed by atoms with Gasteiger partial charge in [0, 0.05) is 34.5 Å². The van der Waals surface area contributed by atoms with Gasteiger partial charge in [-0.25, -0.2) is 0 Å². The average Bonchev–Trinajstić information content (AvgIpc) is 2.37. The number of ketones is 2. The van der Waals surface area contributed by atoms with E-state index in [1.165, 1.54) is 0 Å². The molecule has 1 aromatic rings. The fourth-order valence-electron chi connectivity index (χ4n) is 3.34. The van der Waals surface area contributed by atoms with Crippen LogP contribution in [0.2, 0.25) is 0 Å².